The Hall–Kier alpha value is 0.01000. The molecule has 0 aromatic heterocycles. The van der Waals surface area contributed by atoms with Crippen LogP contribution in [0.5, 0.6) is 0 Å². The van der Waals surface area contributed by atoms with Crippen molar-refractivity contribution < 1.29 is 5.11 Å². The zero-order valence-electron chi connectivity index (χ0n) is 8.03. The highest BCUT2D eigenvalue weighted by molar-refractivity contribution is 9.10. The van der Waals surface area contributed by atoms with Crippen LogP contribution in [0.2, 0.25) is 0 Å². The Morgan fingerprint density at radius 3 is 2.57 bits per heavy atom. The van der Waals surface area contributed by atoms with Gasteiger partial charge in [0.05, 0.1) is 5.60 Å². The first-order valence-corrected chi connectivity index (χ1v) is 6.54. The fraction of sp³-hybridized carbons (Fsp3) is 0.455. The molecular formula is C11H13BrOS. The van der Waals surface area contributed by atoms with E-state index < -0.39 is 5.60 Å². The van der Waals surface area contributed by atoms with Gasteiger partial charge in [-0.15, -0.1) is 0 Å². The van der Waals surface area contributed by atoms with E-state index in [0.29, 0.717) is 5.25 Å². The molecule has 1 aliphatic heterocycles. The summed E-state index contributed by atoms with van der Waals surface area (Å²) in [6.45, 7) is 2.17. The summed E-state index contributed by atoms with van der Waals surface area (Å²) >= 11 is 5.24. The first kappa shape index (κ1) is 10.5. The van der Waals surface area contributed by atoms with Crippen LogP contribution < -0.4 is 0 Å². The number of rotatable bonds is 1. The Morgan fingerprint density at radius 1 is 1.43 bits per heavy atom. The fourth-order valence-electron chi connectivity index (χ4n) is 1.83. The Kier molecular flexibility index (Phi) is 2.91. The molecule has 1 fully saturated rings. The average Bonchev–Trinajstić information content (AvgIpc) is 2.48. The van der Waals surface area contributed by atoms with Gasteiger partial charge in [-0.3, -0.25) is 0 Å². The van der Waals surface area contributed by atoms with Crippen LogP contribution >= 0.6 is 27.7 Å². The van der Waals surface area contributed by atoms with Crippen LogP contribution in [0.1, 0.15) is 18.9 Å². The SMILES string of the molecule is CC1CC(O)(c2ccc(Br)cc2)CS1. The lowest BCUT2D eigenvalue weighted by Crippen LogP contribution is -2.25. The summed E-state index contributed by atoms with van der Waals surface area (Å²) in [7, 11) is 0. The first-order valence-electron chi connectivity index (χ1n) is 4.70. The third kappa shape index (κ3) is 2.00. The van der Waals surface area contributed by atoms with E-state index in [-0.39, 0.29) is 0 Å². The maximum atomic E-state index is 10.4. The molecule has 0 spiro atoms. The van der Waals surface area contributed by atoms with E-state index in [4.69, 9.17) is 0 Å². The summed E-state index contributed by atoms with van der Waals surface area (Å²) < 4.78 is 1.06. The minimum atomic E-state index is -0.606. The number of halogens is 1. The molecule has 1 N–H and O–H groups in total. The molecule has 2 atom stereocenters. The second-order valence-corrected chi connectivity index (χ2v) is 6.21. The van der Waals surface area contributed by atoms with Gasteiger partial charge in [0, 0.05) is 15.5 Å². The molecule has 2 rings (SSSR count). The van der Waals surface area contributed by atoms with Gasteiger partial charge in [-0.2, -0.15) is 11.8 Å². The summed E-state index contributed by atoms with van der Waals surface area (Å²) in [4.78, 5) is 0. The molecule has 14 heavy (non-hydrogen) atoms. The predicted molar refractivity (Wildman–Crippen MR) is 64.6 cm³/mol. The number of benzene rings is 1. The van der Waals surface area contributed by atoms with Crippen LogP contribution in [-0.2, 0) is 5.60 Å². The Bertz CT molecular complexity index is 325. The number of thioether (sulfide) groups is 1. The van der Waals surface area contributed by atoms with Crippen molar-refractivity contribution in [2.45, 2.75) is 24.2 Å². The van der Waals surface area contributed by atoms with Crippen LogP contribution in [0.15, 0.2) is 28.7 Å². The smallest absolute Gasteiger partial charge is 0.0997 e. The zero-order valence-corrected chi connectivity index (χ0v) is 10.4. The Balaban J connectivity index is 2.26. The van der Waals surface area contributed by atoms with Crippen molar-refractivity contribution in [3.63, 3.8) is 0 Å². The van der Waals surface area contributed by atoms with E-state index in [1.54, 1.807) is 0 Å². The van der Waals surface area contributed by atoms with E-state index >= 15 is 0 Å². The summed E-state index contributed by atoms with van der Waals surface area (Å²) in [5.41, 5.74) is 0.433. The third-order valence-electron chi connectivity index (χ3n) is 2.61. The van der Waals surface area contributed by atoms with Gasteiger partial charge < -0.3 is 5.11 Å². The quantitative estimate of drug-likeness (QED) is 0.848. The van der Waals surface area contributed by atoms with E-state index in [0.717, 1.165) is 22.2 Å². The highest BCUT2D eigenvalue weighted by Gasteiger charge is 2.37. The molecule has 0 radical (unpaired) electrons. The molecule has 2 unspecified atom stereocenters. The monoisotopic (exact) mass is 272 g/mol. The van der Waals surface area contributed by atoms with Crippen molar-refractivity contribution in [3.8, 4) is 0 Å². The second-order valence-electron chi connectivity index (χ2n) is 3.86. The molecule has 0 amide bonds. The fourth-order valence-corrected chi connectivity index (χ4v) is 3.34. The van der Waals surface area contributed by atoms with Crippen LogP contribution in [0.25, 0.3) is 0 Å². The number of aliphatic hydroxyl groups is 1. The maximum absolute atomic E-state index is 10.4. The van der Waals surface area contributed by atoms with Crippen molar-refractivity contribution in [3.05, 3.63) is 34.3 Å². The van der Waals surface area contributed by atoms with Crippen molar-refractivity contribution in [2.75, 3.05) is 5.75 Å². The molecule has 1 aliphatic rings. The van der Waals surface area contributed by atoms with Crippen molar-refractivity contribution in [1.82, 2.24) is 0 Å². The summed E-state index contributed by atoms with van der Waals surface area (Å²) in [6.07, 6.45) is 0.860. The van der Waals surface area contributed by atoms with Gasteiger partial charge in [0.1, 0.15) is 0 Å². The highest BCUT2D eigenvalue weighted by atomic mass is 79.9. The molecule has 1 heterocycles. The van der Waals surface area contributed by atoms with E-state index in [9.17, 15) is 5.11 Å². The largest absolute Gasteiger partial charge is 0.384 e. The van der Waals surface area contributed by atoms with E-state index in [2.05, 4.69) is 22.9 Å². The normalized spacial score (nSPS) is 32.1. The molecule has 1 aromatic carbocycles. The molecule has 3 heteroatoms. The van der Waals surface area contributed by atoms with Crippen molar-refractivity contribution >= 4 is 27.7 Å². The topological polar surface area (TPSA) is 20.2 Å². The summed E-state index contributed by atoms with van der Waals surface area (Å²) in [6, 6.07) is 7.98. The van der Waals surface area contributed by atoms with Crippen LogP contribution in [0, 0.1) is 0 Å². The predicted octanol–water partition coefficient (Wildman–Crippen LogP) is 3.16. The lowest BCUT2D eigenvalue weighted by Gasteiger charge is -2.22. The average molecular weight is 273 g/mol. The van der Waals surface area contributed by atoms with E-state index in [1.165, 1.54) is 0 Å². The molecule has 1 aromatic rings. The highest BCUT2D eigenvalue weighted by Crippen LogP contribution is 2.41. The molecule has 0 saturated carbocycles. The summed E-state index contributed by atoms with van der Waals surface area (Å²) in [5.74, 6) is 0.815. The molecule has 0 bridgehead atoms. The third-order valence-corrected chi connectivity index (χ3v) is 4.52. The Labute approximate surface area is 97.0 Å². The number of hydrogen-bond acceptors (Lipinski definition) is 2. The minimum absolute atomic E-state index is 0.559. The maximum Gasteiger partial charge on any atom is 0.0997 e. The lowest BCUT2D eigenvalue weighted by molar-refractivity contribution is 0.0612. The van der Waals surface area contributed by atoms with Gasteiger partial charge in [-0.1, -0.05) is 35.0 Å². The van der Waals surface area contributed by atoms with Gasteiger partial charge in [-0.25, -0.2) is 0 Å². The number of hydrogen-bond donors (Lipinski definition) is 1. The first-order chi connectivity index (χ1) is 6.60. The second kappa shape index (κ2) is 3.87. The van der Waals surface area contributed by atoms with Crippen molar-refractivity contribution in [1.29, 1.82) is 0 Å². The van der Waals surface area contributed by atoms with Gasteiger partial charge in [0.2, 0.25) is 0 Å². The van der Waals surface area contributed by atoms with Crippen molar-refractivity contribution in [2.24, 2.45) is 0 Å². The molecule has 0 aliphatic carbocycles. The van der Waals surface area contributed by atoms with Gasteiger partial charge >= 0.3 is 0 Å². The molecule has 76 valence electrons. The van der Waals surface area contributed by atoms with Gasteiger partial charge in [-0.05, 0) is 24.1 Å². The zero-order chi connectivity index (χ0) is 10.2. The van der Waals surface area contributed by atoms with Gasteiger partial charge in [0.25, 0.3) is 0 Å². The molecule has 1 saturated heterocycles. The summed E-state index contributed by atoms with van der Waals surface area (Å²) in [5, 5.41) is 10.9. The minimum Gasteiger partial charge on any atom is -0.384 e. The van der Waals surface area contributed by atoms with Crippen LogP contribution in [-0.4, -0.2) is 16.1 Å². The lowest BCUT2D eigenvalue weighted by atomic mass is 9.92. The van der Waals surface area contributed by atoms with E-state index in [1.807, 2.05) is 36.0 Å². The van der Waals surface area contributed by atoms with Crippen LogP contribution in [0.3, 0.4) is 0 Å². The molecular weight excluding hydrogens is 260 g/mol. The molecule has 1 nitrogen and oxygen atoms in total. The Morgan fingerprint density at radius 2 is 2.07 bits per heavy atom. The van der Waals surface area contributed by atoms with Crippen LogP contribution in [0.4, 0.5) is 0 Å². The standard InChI is InChI=1S/C11H13BrOS/c1-8-6-11(13,7-14-8)9-2-4-10(12)5-3-9/h2-5,8,13H,6-7H2,1H3. The van der Waals surface area contributed by atoms with Gasteiger partial charge in [0.15, 0.2) is 0 Å².